The fourth-order valence-electron chi connectivity index (χ4n) is 2.38. The second-order valence-electron chi connectivity index (χ2n) is 5.72. The zero-order chi connectivity index (χ0) is 16.4. The first-order chi connectivity index (χ1) is 9.52. The number of nitrogens with zero attached hydrogens (tertiary/aromatic N) is 1. The number of rotatable bonds is 5. The molecule has 0 fully saturated rings. The van der Waals surface area contributed by atoms with Crippen molar-refractivity contribution in [3.63, 3.8) is 0 Å². The minimum atomic E-state index is -3.41. The van der Waals surface area contributed by atoms with Gasteiger partial charge in [-0.3, -0.25) is 4.79 Å². The summed E-state index contributed by atoms with van der Waals surface area (Å²) in [6.45, 7) is 9.16. The van der Waals surface area contributed by atoms with E-state index >= 15 is 0 Å². The molecule has 0 spiro atoms. The van der Waals surface area contributed by atoms with Crippen LogP contribution >= 0.6 is 0 Å². The van der Waals surface area contributed by atoms with E-state index in [2.05, 4.69) is 5.32 Å². The van der Waals surface area contributed by atoms with Crippen LogP contribution in [0.1, 0.15) is 30.5 Å². The second-order valence-corrected chi connectivity index (χ2v) is 7.66. The largest absolute Gasteiger partial charge is 0.324 e. The van der Waals surface area contributed by atoms with Crippen LogP contribution in [-0.2, 0) is 14.8 Å². The highest BCUT2D eigenvalue weighted by molar-refractivity contribution is 7.88. The van der Waals surface area contributed by atoms with Crippen LogP contribution in [0.5, 0.6) is 0 Å². The van der Waals surface area contributed by atoms with Crippen molar-refractivity contribution >= 4 is 21.6 Å². The van der Waals surface area contributed by atoms with Gasteiger partial charge in [-0.2, -0.15) is 4.31 Å². The van der Waals surface area contributed by atoms with Gasteiger partial charge in [-0.15, -0.1) is 0 Å². The van der Waals surface area contributed by atoms with E-state index in [9.17, 15) is 13.2 Å². The molecule has 0 bridgehead atoms. The summed E-state index contributed by atoms with van der Waals surface area (Å²) in [6, 6.07) is 3.71. The molecule has 21 heavy (non-hydrogen) atoms. The van der Waals surface area contributed by atoms with Gasteiger partial charge in [-0.1, -0.05) is 17.7 Å². The number of aryl methyl sites for hydroxylation is 3. The zero-order valence-corrected chi connectivity index (χ0v) is 14.3. The lowest BCUT2D eigenvalue weighted by atomic mass is 10.1. The van der Waals surface area contributed by atoms with Crippen molar-refractivity contribution in [3.05, 3.63) is 28.8 Å². The summed E-state index contributed by atoms with van der Waals surface area (Å²) in [7, 11) is -3.41. The molecule has 0 saturated heterocycles. The highest BCUT2D eigenvalue weighted by Gasteiger charge is 2.23. The first-order valence-corrected chi connectivity index (χ1v) is 8.71. The van der Waals surface area contributed by atoms with Crippen molar-refractivity contribution in [2.75, 3.05) is 18.1 Å². The number of carbonyl (C=O) groups excluding carboxylic acids is 1. The number of amides is 1. The molecule has 0 radical (unpaired) electrons. The monoisotopic (exact) mass is 312 g/mol. The quantitative estimate of drug-likeness (QED) is 0.906. The molecular weight excluding hydrogens is 288 g/mol. The molecule has 1 amide bonds. The van der Waals surface area contributed by atoms with Crippen LogP contribution < -0.4 is 5.32 Å². The lowest BCUT2D eigenvalue weighted by Gasteiger charge is -2.23. The van der Waals surface area contributed by atoms with Gasteiger partial charge in [-0.25, -0.2) is 8.42 Å². The minimum Gasteiger partial charge on any atom is -0.324 e. The molecule has 0 heterocycles. The maximum Gasteiger partial charge on any atom is 0.239 e. The second kappa shape index (κ2) is 6.58. The van der Waals surface area contributed by atoms with Crippen LogP contribution in [0.3, 0.4) is 0 Å². The molecule has 1 aromatic rings. The molecule has 0 saturated carbocycles. The molecule has 0 atom stereocenters. The van der Waals surface area contributed by atoms with Crippen molar-refractivity contribution in [1.29, 1.82) is 0 Å². The maximum absolute atomic E-state index is 12.1. The summed E-state index contributed by atoms with van der Waals surface area (Å²) in [4.78, 5) is 12.1. The third kappa shape index (κ3) is 4.82. The van der Waals surface area contributed by atoms with Gasteiger partial charge in [0, 0.05) is 11.7 Å². The molecule has 6 heteroatoms. The standard InChI is InChI=1S/C15H24N2O3S/c1-10(2)17(21(6,19)20)9-14(18)16-15-12(4)7-11(3)8-13(15)5/h7-8,10H,9H2,1-6H3,(H,16,18). The Balaban J connectivity index is 2.92. The molecule has 1 aromatic carbocycles. The molecule has 0 aromatic heterocycles. The average molecular weight is 312 g/mol. The number of benzene rings is 1. The number of anilines is 1. The van der Waals surface area contributed by atoms with Crippen molar-refractivity contribution in [3.8, 4) is 0 Å². The van der Waals surface area contributed by atoms with E-state index in [0.717, 1.165) is 28.6 Å². The third-order valence-corrected chi connectivity index (χ3v) is 4.65. The summed E-state index contributed by atoms with van der Waals surface area (Å²) in [6.07, 6.45) is 1.11. The third-order valence-electron chi connectivity index (χ3n) is 3.24. The van der Waals surface area contributed by atoms with Crippen LogP contribution in [0, 0.1) is 20.8 Å². The van der Waals surface area contributed by atoms with E-state index in [4.69, 9.17) is 0 Å². The summed E-state index contributed by atoms with van der Waals surface area (Å²) >= 11 is 0. The summed E-state index contributed by atoms with van der Waals surface area (Å²) in [5, 5.41) is 2.82. The topological polar surface area (TPSA) is 66.5 Å². The highest BCUT2D eigenvalue weighted by Crippen LogP contribution is 2.22. The van der Waals surface area contributed by atoms with E-state index in [1.54, 1.807) is 13.8 Å². The van der Waals surface area contributed by atoms with Crippen LogP contribution in [0.2, 0.25) is 0 Å². The van der Waals surface area contributed by atoms with Gasteiger partial charge in [0.15, 0.2) is 0 Å². The van der Waals surface area contributed by atoms with Gasteiger partial charge in [0.1, 0.15) is 0 Å². The van der Waals surface area contributed by atoms with Crippen molar-refractivity contribution in [2.45, 2.75) is 40.7 Å². The normalized spacial score (nSPS) is 12.0. The molecule has 0 aliphatic carbocycles. The smallest absolute Gasteiger partial charge is 0.239 e. The first kappa shape index (κ1) is 17.7. The first-order valence-electron chi connectivity index (χ1n) is 6.87. The molecule has 0 unspecified atom stereocenters. The molecule has 5 nitrogen and oxygen atoms in total. The van der Waals surface area contributed by atoms with Crippen LogP contribution in [0.25, 0.3) is 0 Å². The Hall–Kier alpha value is -1.40. The van der Waals surface area contributed by atoms with Gasteiger partial charge in [0.25, 0.3) is 0 Å². The van der Waals surface area contributed by atoms with Crippen molar-refractivity contribution < 1.29 is 13.2 Å². The lowest BCUT2D eigenvalue weighted by Crippen LogP contribution is -2.41. The Morgan fingerprint density at radius 2 is 1.67 bits per heavy atom. The summed E-state index contributed by atoms with van der Waals surface area (Å²) < 4.78 is 24.6. The van der Waals surface area contributed by atoms with E-state index < -0.39 is 10.0 Å². The zero-order valence-electron chi connectivity index (χ0n) is 13.5. The molecule has 118 valence electrons. The fourth-order valence-corrected chi connectivity index (χ4v) is 3.50. The maximum atomic E-state index is 12.1. The molecule has 0 aliphatic heterocycles. The van der Waals surface area contributed by atoms with E-state index in [1.165, 1.54) is 4.31 Å². The minimum absolute atomic E-state index is 0.177. The van der Waals surface area contributed by atoms with E-state index in [0.29, 0.717) is 0 Å². The Morgan fingerprint density at radius 3 is 2.05 bits per heavy atom. The number of hydrogen-bond acceptors (Lipinski definition) is 3. The Kier molecular flexibility index (Phi) is 5.53. The summed E-state index contributed by atoms with van der Waals surface area (Å²) in [5.41, 5.74) is 3.82. The fraction of sp³-hybridized carbons (Fsp3) is 0.533. The number of sulfonamides is 1. The van der Waals surface area contributed by atoms with Crippen molar-refractivity contribution in [2.24, 2.45) is 0 Å². The Morgan fingerprint density at radius 1 is 1.19 bits per heavy atom. The SMILES string of the molecule is Cc1cc(C)c(NC(=O)CN(C(C)C)S(C)(=O)=O)c(C)c1. The van der Waals surface area contributed by atoms with Gasteiger partial charge in [0.05, 0.1) is 12.8 Å². The van der Waals surface area contributed by atoms with Gasteiger partial charge in [0.2, 0.25) is 15.9 Å². The van der Waals surface area contributed by atoms with Gasteiger partial charge >= 0.3 is 0 Å². The predicted molar refractivity (Wildman–Crippen MR) is 86.0 cm³/mol. The predicted octanol–water partition coefficient (Wildman–Crippen LogP) is 2.22. The number of carbonyl (C=O) groups is 1. The van der Waals surface area contributed by atoms with E-state index in [-0.39, 0.29) is 18.5 Å². The molecule has 0 aliphatic rings. The van der Waals surface area contributed by atoms with Crippen LogP contribution in [0.4, 0.5) is 5.69 Å². The number of hydrogen-bond donors (Lipinski definition) is 1. The molecular formula is C15H24N2O3S. The Bertz CT molecular complexity index is 613. The lowest BCUT2D eigenvalue weighted by molar-refractivity contribution is -0.116. The number of nitrogens with one attached hydrogen (secondary N) is 1. The molecule has 1 rings (SSSR count). The van der Waals surface area contributed by atoms with Gasteiger partial charge in [-0.05, 0) is 45.7 Å². The van der Waals surface area contributed by atoms with Crippen LogP contribution in [-0.4, -0.2) is 37.5 Å². The van der Waals surface area contributed by atoms with Gasteiger partial charge < -0.3 is 5.32 Å². The Labute approximate surface area is 127 Å². The molecule has 1 N–H and O–H groups in total. The summed E-state index contributed by atoms with van der Waals surface area (Å²) in [5.74, 6) is -0.329. The van der Waals surface area contributed by atoms with Crippen LogP contribution in [0.15, 0.2) is 12.1 Å². The van der Waals surface area contributed by atoms with E-state index in [1.807, 2.05) is 32.9 Å². The highest BCUT2D eigenvalue weighted by atomic mass is 32.2. The average Bonchev–Trinajstić information content (AvgIpc) is 2.28. The van der Waals surface area contributed by atoms with Crippen molar-refractivity contribution in [1.82, 2.24) is 4.31 Å².